The summed E-state index contributed by atoms with van der Waals surface area (Å²) in [5.41, 5.74) is 0. The molecule has 0 heterocycles. The van der Waals surface area contributed by atoms with Crippen molar-refractivity contribution in [3.05, 3.63) is 34.1 Å². The Labute approximate surface area is 109 Å². The summed E-state index contributed by atoms with van der Waals surface area (Å²) in [6, 6.07) is -1.45. The number of hydrogen-bond acceptors (Lipinski definition) is 6. The van der Waals surface area contributed by atoms with Crippen molar-refractivity contribution in [3.8, 4) is 0 Å². The van der Waals surface area contributed by atoms with Crippen molar-refractivity contribution in [1.29, 1.82) is 0 Å². The molecule has 0 aromatic heterocycles. The standard InChI is InChI=1S/C10H14N2O5S/c1-11(2)9(18)17-10(13)6-7(16-3)4-5-8(10)12(14)15/h4-6,8,13H,1-3H3. The molecule has 0 radical (unpaired) electrons. The van der Waals surface area contributed by atoms with Gasteiger partial charge in [-0.25, -0.2) is 0 Å². The third kappa shape index (κ3) is 2.96. The Kier molecular flexibility index (Phi) is 4.25. The third-order valence-electron chi connectivity index (χ3n) is 2.29. The molecule has 0 aromatic rings. The van der Waals surface area contributed by atoms with Gasteiger partial charge in [0.1, 0.15) is 5.76 Å². The summed E-state index contributed by atoms with van der Waals surface area (Å²) in [6.07, 6.45) is 3.71. The highest BCUT2D eigenvalue weighted by atomic mass is 32.1. The Hall–Kier alpha value is -1.67. The minimum Gasteiger partial charge on any atom is -0.497 e. The van der Waals surface area contributed by atoms with Crippen molar-refractivity contribution in [1.82, 2.24) is 4.90 Å². The van der Waals surface area contributed by atoms with E-state index in [9.17, 15) is 15.2 Å². The van der Waals surface area contributed by atoms with Crippen molar-refractivity contribution in [3.63, 3.8) is 0 Å². The average molecular weight is 274 g/mol. The Balaban J connectivity index is 3.04. The highest BCUT2D eigenvalue weighted by molar-refractivity contribution is 7.80. The molecule has 0 saturated heterocycles. The summed E-state index contributed by atoms with van der Waals surface area (Å²) in [6.45, 7) is 0. The zero-order valence-electron chi connectivity index (χ0n) is 10.2. The number of nitro groups is 1. The van der Waals surface area contributed by atoms with E-state index in [0.29, 0.717) is 0 Å². The fraction of sp³-hybridized carbons (Fsp3) is 0.500. The Morgan fingerprint density at radius 1 is 1.67 bits per heavy atom. The van der Waals surface area contributed by atoms with Crippen LogP contribution in [0.25, 0.3) is 0 Å². The largest absolute Gasteiger partial charge is 0.497 e. The zero-order chi connectivity index (χ0) is 13.9. The van der Waals surface area contributed by atoms with Crippen LogP contribution in [0.2, 0.25) is 0 Å². The average Bonchev–Trinajstić information content (AvgIpc) is 2.27. The first-order valence-electron chi connectivity index (χ1n) is 5.01. The van der Waals surface area contributed by atoms with E-state index in [-0.39, 0.29) is 10.9 Å². The van der Waals surface area contributed by atoms with Gasteiger partial charge in [-0.1, -0.05) is 0 Å². The predicted octanol–water partition coefficient (Wildman–Crippen LogP) is 0.284. The fourth-order valence-corrected chi connectivity index (χ4v) is 1.46. The van der Waals surface area contributed by atoms with Gasteiger partial charge in [0.2, 0.25) is 0 Å². The SMILES string of the molecule is COC1=CC(O)(OC(=S)N(C)C)C([N+](=O)[O-])C=C1. The molecule has 0 aromatic carbocycles. The van der Waals surface area contributed by atoms with Crippen molar-refractivity contribution in [2.24, 2.45) is 0 Å². The third-order valence-corrected chi connectivity index (χ3v) is 2.74. The molecule has 8 heteroatoms. The summed E-state index contributed by atoms with van der Waals surface area (Å²) >= 11 is 4.87. The highest BCUT2D eigenvalue weighted by Crippen LogP contribution is 2.26. The molecule has 1 aliphatic carbocycles. The normalized spacial score (nSPS) is 26.2. The Morgan fingerprint density at radius 2 is 2.28 bits per heavy atom. The second-order valence-electron chi connectivity index (χ2n) is 3.85. The molecule has 2 unspecified atom stereocenters. The molecule has 18 heavy (non-hydrogen) atoms. The highest BCUT2D eigenvalue weighted by Gasteiger charge is 2.48. The monoisotopic (exact) mass is 274 g/mol. The summed E-state index contributed by atoms with van der Waals surface area (Å²) in [5, 5.41) is 21.1. The van der Waals surface area contributed by atoms with Gasteiger partial charge in [-0.05, 0) is 24.4 Å². The Bertz CT molecular complexity index is 420. The summed E-state index contributed by atoms with van der Waals surface area (Å²) in [5.74, 6) is -1.90. The first-order valence-corrected chi connectivity index (χ1v) is 5.42. The molecule has 0 spiro atoms. The molecule has 2 atom stereocenters. The molecular weight excluding hydrogens is 260 g/mol. The second kappa shape index (κ2) is 5.32. The molecule has 100 valence electrons. The van der Waals surface area contributed by atoms with Crippen LogP contribution >= 0.6 is 12.2 Å². The van der Waals surface area contributed by atoms with Gasteiger partial charge in [-0.3, -0.25) is 10.1 Å². The molecular formula is C10H14N2O5S. The van der Waals surface area contributed by atoms with Gasteiger partial charge < -0.3 is 19.5 Å². The molecule has 1 N–H and O–H groups in total. The zero-order valence-corrected chi connectivity index (χ0v) is 11.0. The van der Waals surface area contributed by atoms with Crippen LogP contribution in [0.1, 0.15) is 0 Å². The molecule has 0 aliphatic heterocycles. The smallest absolute Gasteiger partial charge is 0.306 e. The van der Waals surface area contributed by atoms with Crippen molar-refractivity contribution in [2.45, 2.75) is 11.8 Å². The molecule has 0 fully saturated rings. The van der Waals surface area contributed by atoms with E-state index in [2.05, 4.69) is 0 Å². The lowest BCUT2D eigenvalue weighted by Gasteiger charge is -2.30. The maximum absolute atomic E-state index is 10.9. The van der Waals surface area contributed by atoms with E-state index in [1.807, 2.05) is 0 Å². The number of ether oxygens (including phenoxy) is 2. The molecule has 1 aliphatic rings. The molecule has 0 saturated carbocycles. The van der Waals surface area contributed by atoms with Crippen LogP contribution < -0.4 is 0 Å². The van der Waals surface area contributed by atoms with Crippen LogP contribution in [-0.4, -0.2) is 53.1 Å². The lowest BCUT2D eigenvalue weighted by Crippen LogP contribution is -2.50. The van der Waals surface area contributed by atoms with Crippen LogP contribution in [0.5, 0.6) is 0 Å². The van der Waals surface area contributed by atoms with Gasteiger partial charge in [-0.15, -0.1) is 0 Å². The topological polar surface area (TPSA) is 85.1 Å². The van der Waals surface area contributed by atoms with Gasteiger partial charge in [0.25, 0.3) is 11.2 Å². The van der Waals surface area contributed by atoms with Crippen LogP contribution in [0.4, 0.5) is 0 Å². The van der Waals surface area contributed by atoms with E-state index in [0.717, 1.165) is 6.08 Å². The number of methoxy groups -OCH3 is 1. The van der Waals surface area contributed by atoms with Crippen LogP contribution in [-0.2, 0) is 9.47 Å². The Morgan fingerprint density at radius 3 is 2.72 bits per heavy atom. The molecule has 7 nitrogen and oxygen atoms in total. The molecule has 0 amide bonds. The minimum absolute atomic E-state index is 0.0636. The first-order chi connectivity index (χ1) is 8.30. The molecule has 1 rings (SSSR count). The van der Waals surface area contributed by atoms with Crippen LogP contribution in [0.15, 0.2) is 24.0 Å². The molecule has 0 bridgehead atoms. The van der Waals surface area contributed by atoms with Gasteiger partial charge in [-0.2, -0.15) is 0 Å². The van der Waals surface area contributed by atoms with Crippen LogP contribution in [0, 0.1) is 10.1 Å². The predicted molar refractivity (Wildman–Crippen MR) is 67.3 cm³/mol. The first kappa shape index (κ1) is 14.4. The number of rotatable bonds is 3. The van der Waals surface area contributed by atoms with Crippen molar-refractivity contribution >= 4 is 17.4 Å². The van der Waals surface area contributed by atoms with Crippen molar-refractivity contribution < 1.29 is 19.5 Å². The van der Waals surface area contributed by atoms with E-state index in [1.54, 1.807) is 14.1 Å². The van der Waals surface area contributed by atoms with E-state index >= 15 is 0 Å². The van der Waals surface area contributed by atoms with Crippen molar-refractivity contribution in [2.75, 3.05) is 21.2 Å². The number of nitrogens with zero attached hydrogens (tertiary/aromatic N) is 2. The summed E-state index contributed by atoms with van der Waals surface area (Å²) in [7, 11) is 4.59. The number of aliphatic hydroxyl groups is 1. The number of hydrogen-bond donors (Lipinski definition) is 1. The van der Waals surface area contributed by atoms with E-state index < -0.39 is 16.8 Å². The summed E-state index contributed by atoms with van der Waals surface area (Å²) in [4.78, 5) is 11.7. The maximum atomic E-state index is 10.9. The lowest BCUT2D eigenvalue weighted by atomic mass is 10.0. The number of allylic oxidation sites excluding steroid dienone is 1. The van der Waals surface area contributed by atoms with Gasteiger partial charge in [0.05, 0.1) is 7.11 Å². The van der Waals surface area contributed by atoms with E-state index in [1.165, 1.54) is 24.2 Å². The van der Waals surface area contributed by atoms with Crippen LogP contribution in [0.3, 0.4) is 0 Å². The van der Waals surface area contributed by atoms with Gasteiger partial charge in [0.15, 0.2) is 0 Å². The quantitative estimate of drug-likeness (QED) is 0.342. The van der Waals surface area contributed by atoms with E-state index in [4.69, 9.17) is 21.7 Å². The second-order valence-corrected chi connectivity index (χ2v) is 4.20. The van der Waals surface area contributed by atoms with Gasteiger partial charge in [0, 0.05) is 25.1 Å². The fourth-order valence-electron chi connectivity index (χ4n) is 1.33. The van der Waals surface area contributed by atoms with Gasteiger partial charge >= 0.3 is 5.79 Å². The number of thiocarbonyl (C=S) groups is 1. The maximum Gasteiger partial charge on any atom is 0.306 e. The summed E-state index contributed by atoms with van der Waals surface area (Å²) < 4.78 is 10.0. The lowest BCUT2D eigenvalue weighted by molar-refractivity contribution is -0.542. The minimum atomic E-state index is -2.16.